The minimum Gasteiger partial charge on any atom is -0.482 e. The monoisotopic (exact) mass is 521 g/mol. The lowest BCUT2D eigenvalue weighted by atomic mass is 9.94. The van der Waals surface area contributed by atoms with Crippen molar-refractivity contribution < 1.29 is 26.9 Å². The van der Waals surface area contributed by atoms with Gasteiger partial charge in [0.05, 0.1) is 16.1 Å². The van der Waals surface area contributed by atoms with Crippen molar-refractivity contribution in [3.63, 3.8) is 0 Å². The number of hydrogen-bond acceptors (Lipinski definition) is 6. The Morgan fingerprint density at radius 2 is 1.58 bits per heavy atom. The Labute approximate surface area is 213 Å². The summed E-state index contributed by atoms with van der Waals surface area (Å²) in [5.74, 6) is 0.0820. The minimum absolute atomic E-state index is 0.0488. The van der Waals surface area contributed by atoms with Gasteiger partial charge in [0.2, 0.25) is 0 Å². The molecule has 0 spiro atoms. The van der Waals surface area contributed by atoms with E-state index in [2.05, 4.69) is 60.7 Å². The van der Waals surface area contributed by atoms with Gasteiger partial charge in [-0.2, -0.15) is 8.42 Å². The molecular formula is C28H25O6S2+. The maximum absolute atomic E-state index is 12.5. The molecule has 36 heavy (non-hydrogen) atoms. The Morgan fingerprint density at radius 3 is 2.28 bits per heavy atom. The average Bonchev–Trinajstić information content (AvgIpc) is 3.51. The molecular weight excluding hydrogens is 496 g/mol. The zero-order valence-corrected chi connectivity index (χ0v) is 21.0. The molecule has 5 unspecified atom stereocenters. The van der Waals surface area contributed by atoms with E-state index < -0.39 is 33.5 Å². The van der Waals surface area contributed by atoms with Gasteiger partial charge in [0, 0.05) is 29.4 Å². The molecule has 0 radical (unpaired) electrons. The Bertz CT molecular complexity index is 1410. The molecule has 3 aromatic rings. The molecule has 2 aliphatic carbocycles. The summed E-state index contributed by atoms with van der Waals surface area (Å²) in [5, 5.41) is -0.430. The van der Waals surface area contributed by atoms with Crippen molar-refractivity contribution in [2.24, 2.45) is 11.8 Å². The van der Waals surface area contributed by atoms with E-state index in [1.54, 1.807) is 0 Å². The Hall–Kier alpha value is -2.81. The Balaban J connectivity index is 1.04. The van der Waals surface area contributed by atoms with Crippen LogP contribution in [0.25, 0.3) is 0 Å². The molecule has 3 fully saturated rings. The van der Waals surface area contributed by atoms with Gasteiger partial charge in [-0.3, -0.25) is 4.18 Å². The number of hydrogen-bond donors (Lipinski definition) is 0. The summed E-state index contributed by atoms with van der Waals surface area (Å²) in [6.07, 6.45) is 1.15. The van der Waals surface area contributed by atoms with Crippen LogP contribution in [-0.4, -0.2) is 38.5 Å². The third kappa shape index (κ3) is 3.57. The van der Waals surface area contributed by atoms with E-state index in [4.69, 9.17) is 13.7 Å². The van der Waals surface area contributed by atoms with Crippen LogP contribution in [-0.2, 0) is 41.1 Å². The van der Waals surface area contributed by atoms with Gasteiger partial charge in [-0.15, -0.1) is 0 Å². The second kappa shape index (κ2) is 8.36. The number of fused-ring (bicyclic) bond motifs is 3. The molecule has 8 heteroatoms. The normalized spacial score (nSPS) is 28.9. The number of esters is 1. The molecule has 6 nitrogen and oxygen atoms in total. The van der Waals surface area contributed by atoms with Crippen molar-refractivity contribution in [2.75, 3.05) is 6.61 Å². The van der Waals surface area contributed by atoms with Gasteiger partial charge in [-0.05, 0) is 49.2 Å². The molecule has 2 aliphatic heterocycles. The molecule has 0 N–H and O–H groups in total. The van der Waals surface area contributed by atoms with Crippen molar-refractivity contribution in [3.05, 3.63) is 83.9 Å². The number of ether oxygens (including phenoxy) is 2. The summed E-state index contributed by atoms with van der Waals surface area (Å²) >= 11 is 0. The summed E-state index contributed by atoms with van der Waals surface area (Å²) in [7, 11) is -3.73. The predicted octanol–water partition coefficient (Wildman–Crippen LogP) is 4.11. The lowest BCUT2D eigenvalue weighted by Gasteiger charge is -2.24. The number of benzene rings is 3. The fourth-order valence-corrected chi connectivity index (χ4v) is 10.6. The highest BCUT2D eigenvalue weighted by Crippen LogP contribution is 2.55. The Morgan fingerprint density at radius 1 is 0.917 bits per heavy atom. The lowest BCUT2D eigenvalue weighted by Crippen LogP contribution is -2.38. The number of carbonyl (C=O) groups excluding carboxylic acids is 1. The number of carbonyl (C=O) groups is 1. The fraction of sp³-hybridized carbons (Fsp3) is 0.321. The molecule has 4 aliphatic rings. The third-order valence-electron chi connectivity index (χ3n) is 7.86. The predicted molar refractivity (Wildman–Crippen MR) is 133 cm³/mol. The van der Waals surface area contributed by atoms with E-state index >= 15 is 0 Å². The first kappa shape index (κ1) is 22.4. The van der Waals surface area contributed by atoms with Crippen LogP contribution in [0.4, 0.5) is 0 Å². The summed E-state index contributed by atoms with van der Waals surface area (Å²) < 4.78 is 40.9. The van der Waals surface area contributed by atoms with Gasteiger partial charge < -0.3 is 9.47 Å². The largest absolute Gasteiger partial charge is 0.482 e. The molecule has 0 amide bonds. The highest BCUT2D eigenvalue weighted by Gasteiger charge is 2.65. The molecule has 0 aromatic heterocycles. The van der Waals surface area contributed by atoms with E-state index in [0.29, 0.717) is 12.2 Å². The van der Waals surface area contributed by atoms with Gasteiger partial charge in [0.25, 0.3) is 10.1 Å². The third-order valence-corrected chi connectivity index (χ3v) is 12.1. The van der Waals surface area contributed by atoms with Crippen molar-refractivity contribution >= 4 is 27.0 Å². The van der Waals surface area contributed by atoms with Crippen molar-refractivity contribution in [3.8, 4) is 5.75 Å². The fourth-order valence-electron chi connectivity index (χ4n) is 6.32. The smallest absolute Gasteiger partial charge is 0.344 e. The minimum atomic E-state index is -3.53. The Kier molecular flexibility index (Phi) is 5.20. The first-order valence-electron chi connectivity index (χ1n) is 12.2. The van der Waals surface area contributed by atoms with Crippen LogP contribution in [0.2, 0.25) is 0 Å². The van der Waals surface area contributed by atoms with Gasteiger partial charge >= 0.3 is 5.97 Å². The SMILES string of the molecule is O=C(COc1ccc([S+]2c3ccccc3Cc3ccccc32)cc1)OC1C2CC3C1OS(=O)(=O)C3C2. The summed E-state index contributed by atoms with van der Waals surface area (Å²) in [6, 6.07) is 25.1. The average molecular weight is 522 g/mol. The highest BCUT2D eigenvalue weighted by molar-refractivity contribution is 7.97. The summed E-state index contributed by atoms with van der Waals surface area (Å²) in [5.41, 5.74) is 2.71. The molecule has 5 atom stereocenters. The van der Waals surface area contributed by atoms with Crippen LogP contribution in [0.15, 0.2) is 87.5 Å². The van der Waals surface area contributed by atoms with Crippen LogP contribution in [0, 0.1) is 11.8 Å². The molecule has 3 aromatic carbocycles. The van der Waals surface area contributed by atoms with Gasteiger partial charge in [-0.1, -0.05) is 36.4 Å². The first-order valence-corrected chi connectivity index (χ1v) is 14.9. The first-order chi connectivity index (χ1) is 17.5. The van der Waals surface area contributed by atoms with Crippen LogP contribution < -0.4 is 4.74 Å². The molecule has 2 saturated carbocycles. The van der Waals surface area contributed by atoms with Crippen LogP contribution in [0.5, 0.6) is 5.75 Å². The van der Waals surface area contributed by atoms with Gasteiger partial charge in [0.1, 0.15) is 18.0 Å². The second-order valence-corrected chi connectivity index (χ2v) is 13.6. The topological polar surface area (TPSA) is 78.9 Å². The van der Waals surface area contributed by atoms with E-state index in [-0.39, 0.29) is 29.3 Å². The molecule has 2 bridgehead atoms. The van der Waals surface area contributed by atoms with Crippen LogP contribution in [0.1, 0.15) is 24.0 Å². The van der Waals surface area contributed by atoms with Crippen molar-refractivity contribution in [1.82, 2.24) is 0 Å². The summed E-state index contributed by atoms with van der Waals surface area (Å²) in [6.45, 7) is -0.229. The summed E-state index contributed by atoms with van der Waals surface area (Å²) in [4.78, 5) is 16.4. The van der Waals surface area contributed by atoms with E-state index in [1.165, 1.54) is 25.8 Å². The maximum atomic E-state index is 12.5. The van der Waals surface area contributed by atoms with Gasteiger partial charge in [0.15, 0.2) is 21.3 Å². The second-order valence-electron chi connectivity index (χ2n) is 9.90. The zero-order chi connectivity index (χ0) is 24.4. The highest BCUT2D eigenvalue weighted by atomic mass is 32.2. The van der Waals surface area contributed by atoms with Crippen LogP contribution in [0.3, 0.4) is 0 Å². The molecule has 1 saturated heterocycles. The van der Waals surface area contributed by atoms with E-state index in [1.807, 2.05) is 12.1 Å². The lowest BCUT2D eigenvalue weighted by molar-refractivity contribution is -0.158. The van der Waals surface area contributed by atoms with E-state index in [0.717, 1.165) is 12.8 Å². The van der Waals surface area contributed by atoms with Crippen molar-refractivity contribution in [1.29, 1.82) is 0 Å². The quantitative estimate of drug-likeness (QED) is 0.223. The van der Waals surface area contributed by atoms with E-state index in [9.17, 15) is 13.2 Å². The number of rotatable bonds is 5. The maximum Gasteiger partial charge on any atom is 0.344 e. The molecule has 2 heterocycles. The van der Waals surface area contributed by atoms with Gasteiger partial charge in [-0.25, -0.2) is 4.79 Å². The standard InChI is InChI=1S/C28H25O6S2/c29-26(33-27-19-14-22-25(15-19)36(30,31)34-28(22)27)16-32-20-9-11-21(12-10-20)35-23-7-3-1-5-17(23)13-18-6-2-4-8-24(18)35/h1-12,19,22,25,27-28H,13-16H2/q+1. The molecule has 7 rings (SSSR count). The molecule has 184 valence electrons. The zero-order valence-electron chi connectivity index (χ0n) is 19.4. The van der Waals surface area contributed by atoms with Crippen molar-refractivity contribution in [2.45, 2.75) is 51.4 Å². The van der Waals surface area contributed by atoms with Crippen LogP contribution >= 0.6 is 0 Å².